The van der Waals surface area contributed by atoms with E-state index in [1.54, 1.807) is 12.1 Å². The number of carbonyl (C=O) groups excluding carboxylic acids is 4. The first-order valence-corrected chi connectivity index (χ1v) is 13.3. The first kappa shape index (κ1) is 29.7. The average molecular weight is 530 g/mol. The molecule has 0 aliphatic rings. The number of thioether (sulfide) groups is 1. The van der Waals surface area contributed by atoms with Crippen LogP contribution in [0.2, 0.25) is 0 Å². The minimum atomic E-state index is -1.00. The van der Waals surface area contributed by atoms with E-state index in [1.807, 2.05) is 36.6 Å². The summed E-state index contributed by atoms with van der Waals surface area (Å²) in [5.41, 5.74) is 13.0. The Labute approximate surface area is 220 Å². The van der Waals surface area contributed by atoms with Gasteiger partial charge in [0.2, 0.25) is 23.6 Å². The molecule has 10 nitrogen and oxygen atoms in total. The van der Waals surface area contributed by atoms with E-state index in [4.69, 9.17) is 11.5 Å². The highest BCUT2D eigenvalue weighted by Gasteiger charge is 2.28. The van der Waals surface area contributed by atoms with E-state index in [-0.39, 0.29) is 18.6 Å². The molecule has 11 heteroatoms. The van der Waals surface area contributed by atoms with E-state index in [2.05, 4.69) is 16.0 Å². The molecule has 0 aromatic heterocycles. The topological polar surface area (TPSA) is 177 Å². The second-order valence-electron chi connectivity index (χ2n) is 8.70. The Morgan fingerprint density at radius 1 is 0.838 bits per heavy atom. The van der Waals surface area contributed by atoms with Crippen molar-refractivity contribution >= 4 is 35.4 Å². The van der Waals surface area contributed by atoms with Crippen molar-refractivity contribution in [2.45, 2.75) is 50.4 Å². The largest absolute Gasteiger partial charge is 0.508 e. The predicted octanol–water partition coefficient (Wildman–Crippen LogP) is 0.217. The Morgan fingerprint density at radius 3 is 2.03 bits per heavy atom. The van der Waals surface area contributed by atoms with Crippen molar-refractivity contribution in [2.75, 3.05) is 12.0 Å². The van der Waals surface area contributed by atoms with Gasteiger partial charge in [0.05, 0.1) is 6.04 Å². The molecule has 37 heavy (non-hydrogen) atoms. The van der Waals surface area contributed by atoms with E-state index in [0.717, 1.165) is 11.1 Å². The molecule has 0 heterocycles. The van der Waals surface area contributed by atoms with Crippen LogP contribution < -0.4 is 27.4 Å². The zero-order chi connectivity index (χ0) is 27.4. The summed E-state index contributed by atoms with van der Waals surface area (Å²) in [6.45, 7) is 1.49. The first-order valence-electron chi connectivity index (χ1n) is 11.9. The zero-order valence-corrected chi connectivity index (χ0v) is 21.8. The van der Waals surface area contributed by atoms with Gasteiger partial charge in [-0.05, 0) is 55.0 Å². The van der Waals surface area contributed by atoms with Crippen LogP contribution >= 0.6 is 11.8 Å². The second-order valence-corrected chi connectivity index (χ2v) is 9.69. The summed E-state index contributed by atoms with van der Waals surface area (Å²) >= 11 is 1.52. The summed E-state index contributed by atoms with van der Waals surface area (Å²) in [4.78, 5) is 50.4. The van der Waals surface area contributed by atoms with Gasteiger partial charge in [-0.15, -0.1) is 0 Å². The van der Waals surface area contributed by atoms with Crippen molar-refractivity contribution in [1.29, 1.82) is 0 Å². The maximum atomic E-state index is 13.1. The Bertz CT molecular complexity index is 1050. The van der Waals surface area contributed by atoms with Gasteiger partial charge in [0.1, 0.15) is 23.9 Å². The lowest BCUT2D eigenvalue weighted by molar-refractivity contribution is -0.133. The molecule has 2 aromatic carbocycles. The number of primary amides is 1. The number of hydrogen-bond donors (Lipinski definition) is 6. The molecule has 0 saturated heterocycles. The van der Waals surface area contributed by atoms with Crippen molar-refractivity contribution in [1.82, 2.24) is 16.0 Å². The fraction of sp³-hybridized carbons (Fsp3) is 0.385. The molecule has 200 valence electrons. The number of rotatable bonds is 14. The molecule has 4 amide bonds. The highest BCUT2D eigenvalue weighted by atomic mass is 32.2. The molecule has 0 aliphatic carbocycles. The summed E-state index contributed by atoms with van der Waals surface area (Å²) in [6, 6.07) is 11.6. The molecule has 0 unspecified atom stereocenters. The third kappa shape index (κ3) is 10.1. The number of nitrogens with one attached hydrogen (secondary N) is 3. The zero-order valence-electron chi connectivity index (χ0n) is 21.0. The summed E-state index contributed by atoms with van der Waals surface area (Å²) in [5.74, 6) is -1.60. The van der Waals surface area contributed by atoms with E-state index in [0.29, 0.717) is 12.2 Å². The highest BCUT2D eigenvalue weighted by Crippen LogP contribution is 2.11. The normalized spacial score (nSPS) is 14.0. The monoisotopic (exact) mass is 529 g/mol. The van der Waals surface area contributed by atoms with Gasteiger partial charge in [-0.25, -0.2) is 0 Å². The second kappa shape index (κ2) is 14.9. The summed E-state index contributed by atoms with van der Waals surface area (Å²) < 4.78 is 0. The van der Waals surface area contributed by atoms with E-state index in [1.165, 1.54) is 30.8 Å². The van der Waals surface area contributed by atoms with Gasteiger partial charge in [-0.2, -0.15) is 11.8 Å². The highest BCUT2D eigenvalue weighted by molar-refractivity contribution is 7.98. The van der Waals surface area contributed by atoms with E-state index in [9.17, 15) is 24.3 Å². The average Bonchev–Trinajstić information content (AvgIpc) is 2.87. The van der Waals surface area contributed by atoms with Crippen molar-refractivity contribution in [3.63, 3.8) is 0 Å². The Balaban J connectivity index is 2.05. The van der Waals surface area contributed by atoms with Crippen LogP contribution in [0, 0.1) is 0 Å². The maximum absolute atomic E-state index is 13.1. The number of amides is 4. The molecule has 2 aromatic rings. The van der Waals surface area contributed by atoms with Crippen LogP contribution in [-0.4, -0.2) is 64.9 Å². The summed E-state index contributed by atoms with van der Waals surface area (Å²) in [6.07, 6.45) is 2.63. The molecular weight excluding hydrogens is 494 g/mol. The van der Waals surface area contributed by atoms with Crippen LogP contribution in [0.5, 0.6) is 5.75 Å². The number of benzene rings is 2. The molecule has 8 N–H and O–H groups in total. The van der Waals surface area contributed by atoms with Crippen LogP contribution in [0.25, 0.3) is 0 Å². The van der Waals surface area contributed by atoms with Gasteiger partial charge in [0.15, 0.2) is 0 Å². The van der Waals surface area contributed by atoms with Crippen molar-refractivity contribution in [2.24, 2.45) is 11.5 Å². The van der Waals surface area contributed by atoms with E-state index >= 15 is 0 Å². The standard InChI is InChI=1S/C26H35N5O5S/c1-16(29-25(35)20(27)14-18-8-10-19(32)11-9-18)24(34)31-22(15-17-6-4-3-5-7-17)26(36)30-21(23(28)33)12-13-37-2/h3-11,16,20-22,32H,12-15,27H2,1-2H3,(H2,28,33)(H,29,35)(H,30,36)(H,31,34)/t16-,20+,21+,22+/m1/s1. The van der Waals surface area contributed by atoms with Crippen LogP contribution in [-0.2, 0) is 32.0 Å². The van der Waals surface area contributed by atoms with Crippen molar-refractivity contribution in [3.05, 3.63) is 65.7 Å². The van der Waals surface area contributed by atoms with Crippen LogP contribution in [0.15, 0.2) is 54.6 Å². The number of phenolic OH excluding ortho intramolecular Hbond substituents is 1. The smallest absolute Gasteiger partial charge is 0.243 e. The van der Waals surface area contributed by atoms with Crippen LogP contribution in [0.4, 0.5) is 0 Å². The molecule has 0 radical (unpaired) electrons. The third-order valence-electron chi connectivity index (χ3n) is 5.67. The van der Waals surface area contributed by atoms with Crippen molar-refractivity contribution < 1.29 is 24.3 Å². The molecule has 0 bridgehead atoms. The number of carbonyl (C=O) groups is 4. The van der Waals surface area contributed by atoms with Gasteiger partial charge in [-0.3, -0.25) is 19.2 Å². The lowest BCUT2D eigenvalue weighted by Gasteiger charge is -2.24. The fourth-order valence-corrected chi connectivity index (χ4v) is 3.99. The Hall–Kier alpha value is -3.57. The minimum absolute atomic E-state index is 0.104. The number of nitrogens with two attached hydrogens (primary N) is 2. The van der Waals surface area contributed by atoms with Gasteiger partial charge in [0.25, 0.3) is 0 Å². The van der Waals surface area contributed by atoms with Crippen LogP contribution in [0.1, 0.15) is 24.5 Å². The molecule has 0 aliphatic heterocycles. The Morgan fingerprint density at radius 2 is 1.43 bits per heavy atom. The summed E-state index contributed by atoms with van der Waals surface area (Å²) in [5, 5.41) is 17.3. The fourth-order valence-electron chi connectivity index (χ4n) is 3.51. The van der Waals surface area contributed by atoms with Crippen molar-refractivity contribution in [3.8, 4) is 5.75 Å². The van der Waals surface area contributed by atoms with E-state index < -0.39 is 47.8 Å². The number of phenols is 1. The first-order chi connectivity index (χ1) is 17.6. The maximum Gasteiger partial charge on any atom is 0.243 e. The predicted molar refractivity (Wildman–Crippen MR) is 144 cm³/mol. The molecular formula is C26H35N5O5S. The quantitative estimate of drug-likeness (QED) is 0.203. The molecule has 4 atom stereocenters. The van der Waals surface area contributed by atoms with Gasteiger partial charge in [0, 0.05) is 6.42 Å². The van der Waals surface area contributed by atoms with Gasteiger partial charge < -0.3 is 32.5 Å². The van der Waals surface area contributed by atoms with Gasteiger partial charge >= 0.3 is 0 Å². The molecule has 2 rings (SSSR count). The number of aromatic hydroxyl groups is 1. The summed E-state index contributed by atoms with van der Waals surface area (Å²) in [7, 11) is 0. The number of hydrogen-bond acceptors (Lipinski definition) is 7. The van der Waals surface area contributed by atoms with Gasteiger partial charge in [-0.1, -0.05) is 42.5 Å². The van der Waals surface area contributed by atoms with Crippen LogP contribution in [0.3, 0.4) is 0 Å². The molecule has 0 fully saturated rings. The lowest BCUT2D eigenvalue weighted by atomic mass is 10.0. The lowest BCUT2D eigenvalue weighted by Crippen LogP contribution is -2.57. The SMILES string of the molecule is CSCC[C@H](NC(=O)[C@H](Cc1ccccc1)NC(=O)[C@@H](C)NC(=O)[C@@H](N)Cc1ccc(O)cc1)C(N)=O. The Kier molecular flexibility index (Phi) is 11.9. The molecule has 0 spiro atoms. The minimum Gasteiger partial charge on any atom is -0.508 e. The molecule has 0 saturated carbocycles. The third-order valence-corrected chi connectivity index (χ3v) is 6.31.